The molecule has 5 heteroatoms. The molecule has 0 heterocycles. The van der Waals surface area contributed by atoms with Crippen LogP contribution < -0.4 is 10.2 Å². The summed E-state index contributed by atoms with van der Waals surface area (Å²) in [5.74, 6) is -0.660. The van der Waals surface area contributed by atoms with Crippen molar-refractivity contribution in [1.29, 1.82) is 0 Å². The molecule has 0 unspecified atom stereocenters. The van der Waals surface area contributed by atoms with Crippen molar-refractivity contribution in [3.8, 4) is 0 Å². The highest BCUT2D eigenvalue weighted by Crippen LogP contribution is 2.18. The van der Waals surface area contributed by atoms with Gasteiger partial charge in [-0.25, -0.2) is 0 Å². The first kappa shape index (κ1) is 17.4. The second-order valence-electron chi connectivity index (χ2n) is 5.39. The van der Waals surface area contributed by atoms with Crippen LogP contribution in [0.5, 0.6) is 0 Å². The van der Waals surface area contributed by atoms with E-state index in [1.807, 2.05) is 37.3 Å². The standard InChI is InChI=1S/C19H20N2O3/c1-3-21(17-7-5-4-6-8-17)19(24)15-9-11-16(12-10-15)20-18(23)13-14(2)22/h4-12H,3,13H2,1-2H3,(H,20,23). The Morgan fingerprint density at radius 3 is 2.12 bits per heavy atom. The van der Waals surface area contributed by atoms with E-state index in [9.17, 15) is 14.4 Å². The molecule has 0 fully saturated rings. The lowest BCUT2D eigenvalue weighted by molar-refractivity contribution is -0.124. The van der Waals surface area contributed by atoms with Gasteiger partial charge in [0, 0.05) is 23.5 Å². The number of anilines is 2. The average Bonchev–Trinajstić information content (AvgIpc) is 2.56. The third-order valence-electron chi connectivity index (χ3n) is 3.45. The fraction of sp³-hybridized carbons (Fsp3) is 0.211. The molecule has 24 heavy (non-hydrogen) atoms. The number of amides is 2. The Morgan fingerprint density at radius 1 is 0.958 bits per heavy atom. The minimum absolute atomic E-state index is 0.106. The number of nitrogens with one attached hydrogen (secondary N) is 1. The molecule has 1 N–H and O–H groups in total. The summed E-state index contributed by atoms with van der Waals surface area (Å²) in [6, 6.07) is 16.1. The van der Waals surface area contributed by atoms with Crippen molar-refractivity contribution >= 4 is 29.0 Å². The maximum absolute atomic E-state index is 12.6. The normalized spacial score (nSPS) is 10.1. The zero-order chi connectivity index (χ0) is 17.5. The summed E-state index contributed by atoms with van der Waals surface area (Å²) in [4.78, 5) is 36.8. The van der Waals surface area contributed by atoms with E-state index in [2.05, 4.69) is 5.32 Å². The van der Waals surface area contributed by atoms with Crippen LogP contribution in [0, 0.1) is 0 Å². The van der Waals surface area contributed by atoms with Crippen molar-refractivity contribution in [3.63, 3.8) is 0 Å². The number of carbonyl (C=O) groups excluding carboxylic acids is 3. The molecular formula is C19H20N2O3. The smallest absolute Gasteiger partial charge is 0.258 e. The van der Waals surface area contributed by atoms with Crippen molar-refractivity contribution in [2.24, 2.45) is 0 Å². The zero-order valence-electron chi connectivity index (χ0n) is 13.8. The highest BCUT2D eigenvalue weighted by atomic mass is 16.2. The van der Waals surface area contributed by atoms with E-state index in [1.165, 1.54) is 6.92 Å². The fourth-order valence-electron chi connectivity index (χ4n) is 2.33. The van der Waals surface area contributed by atoms with E-state index in [0.29, 0.717) is 17.8 Å². The molecule has 2 aromatic rings. The summed E-state index contributed by atoms with van der Waals surface area (Å²) in [5.41, 5.74) is 1.93. The van der Waals surface area contributed by atoms with Crippen LogP contribution in [0.4, 0.5) is 11.4 Å². The molecule has 0 radical (unpaired) electrons. The summed E-state index contributed by atoms with van der Waals surface area (Å²) >= 11 is 0. The number of Topliss-reactive ketones (excluding diaryl/α,β-unsaturated/α-hetero) is 1. The number of rotatable bonds is 6. The molecule has 0 aliphatic rings. The summed E-state index contributed by atoms with van der Waals surface area (Å²) in [6.07, 6.45) is -0.154. The molecule has 124 valence electrons. The van der Waals surface area contributed by atoms with Gasteiger partial charge in [0.2, 0.25) is 5.91 Å². The number of para-hydroxylation sites is 1. The van der Waals surface area contributed by atoms with Gasteiger partial charge in [-0.15, -0.1) is 0 Å². The van der Waals surface area contributed by atoms with Crippen LogP contribution in [0.15, 0.2) is 54.6 Å². The van der Waals surface area contributed by atoms with Crippen LogP contribution in [0.25, 0.3) is 0 Å². The number of nitrogens with zero attached hydrogens (tertiary/aromatic N) is 1. The van der Waals surface area contributed by atoms with Crippen molar-refractivity contribution in [3.05, 3.63) is 60.2 Å². The lowest BCUT2D eigenvalue weighted by Gasteiger charge is -2.21. The van der Waals surface area contributed by atoms with E-state index in [4.69, 9.17) is 0 Å². The Labute approximate surface area is 141 Å². The third kappa shape index (κ3) is 4.52. The minimum Gasteiger partial charge on any atom is -0.326 e. The highest BCUT2D eigenvalue weighted by molar-refractivity contribution is 6.07. The topological polar surface area (TPSA) is 66.5 Å². The van der Waals surface area contributed by atoms with Crippen LogP contribution in [-0.4, -0.2) is 24.1 Å². The first-order valence-corrected chi connectivity index (χ1v) is 7.77. The number of hydrogen-bond acceptors (Lipinski definition) is 3. The molecule has 2 amide bonds. The van der Waals surface area contributed by atoms with E-state index < -0.39 is 0 Å². The predicted octanol–water partition coefficient (Wildman–Crippen LogP) is 3.27. The largest absolute Gasteiger partial charge is 0.326 e. The van der Waals surface area contributed by atoms with E-state index in [1.54, 1.807) is 29.2 Å². The molecule has 0 atom stereocenters. The summed E-state index contributed by atoms with van der Waals surface area (Å²) in [5, 5.41) is 2.63. The molecule has 0 bridgehead atoms. The first-order chi connectivity index (χ1) is 11.5. The Bertz CT molecular complexity index is 724. The van der Waals surface area contributed by atoms with Crippen LogP contribution >= 0.6 is 0 Å². The molecule has 0 aromatic heterocycles. The van der Waals surface area contributed by atoms with Gasteiger partial charge >= 0.3 is 0 Å². The van der Waals surface area contributed by atoms with Gasteiger partial charge in [-0.05, 0) is 50.2 Å². The second kappa shape index (κ2) is 8.06. The quantitative estimate of drug-likeness (QED) is 0.829. The second-order valence-corrected chi connectivity index (χ2v) is 5.39. The van der Waals surface area contributed by atoms with Gasteiger partial charge in [0.25, 0.3) is 5.91 Å². The summed E-state index contributed by atoms with van der Waals surface area (Å²) < 4.78 is 0. The van der Waals surface area contributed by atoms with Crippen LogP contribution in [0.1, 0.15) is 30.6 Å². The van der Waals surface area contributed by atoms with Gasteiger partial charge in [-0.2, -0.15) is 0 Å². The monoisotopic (exact) mass is 324 g/mol. The summed E-state index contributed by atoms with van der Waals surface area (Å²) in [6.45, 7) is 3.84. The number of carbonyl (C=O) groups is 3. The zero-order valence-corrected chi connectivity index (χ0v) is 13.8. The SMILES string of the molecule is CCN(C(=O)c1ccc(NC(=O)CC(C)=O)cc1)c1ccccc1. The Hall–Kier alpha value is -2.95. The van der Waals surface area contributed by atoms with Crippen LogP contribution in [-0.2, 0) is 9.59 Å². The lowest BCUT2D eigenvalue weighted by atomic mass is 10.1. The van der Waals surface area contributed by atoms with Crippen LogP contribution in [0.2, 0.25) is 0 Å². The van der Waals surface area contributed by atoms with E-state index >= 15 is 0 Å². The number of benzene rings is 2. The van der Waals surface area contributed by atoms with Crippen molar-refractivity contribution in [1.82, 2.24) is 0 Å². The molecule has 0 saturated heterocycles. The van der Waals surface area contributed by atoms with Crippen molar-refractivity contribution in [2.75, 3.05) is 16.8 Å². The highest BCUT2D eigenvalue weighted by Gasteiger charge is 2.16. The van der Waals surface area contributed by atoms with Crippen LogP contribution in [0.3, 0.4) is 0 Å². The molecule has 0 saturated carbocycles. The molecule has 2 aromatic carbocycles. The molecule has 0 spiro atoms. The van der Waals surface area contributed by atoms with Gasteiger partial charge in [0.05, 0.1) is 6.42 Å². The number of ketones is 1. The first-order valence-electron chi connectivity index (χ1n) is 7.77. The Kier molecular flexibility index (Phi) is 5.84. The predicted molar refractivity (Wildman–Crippen MR) is 94.2 cm³/mol. The van der Waals surface area contributed by atoms with Crippen molar-refractivity contribution < 1.29 is 14.4 Å². The molecule has 2 rings (SSSR count). The van der Waals surface area contributed by atoms with Gasteiger partial charge in [0.1, 0.15) is 5.78 Å². The summed E-state index contributed by atoms with van der Waals surface area (Å²) in [7, 11) is 0. The molecule has 0 aliphatic heterocycles. The molecular weight excluding hydrogens is 304 g/mol. The van der Waals surface area contributed by atoms with E-state index in [0.717, 1.165) is 5.69 Å². The fourth-order valence-corrected chi connectivity index (χ4v) is 2.33. The van der Waals surface area contributed by atoms with E-state index in [-0.39, 0.29) is 24.0 Å². The lowest BCUT2D eigenvalue weighted by Crippen LogP contribution is -2.30. The molecule has 0 aliphatic carbocycles. The van der Waals surface area contributed by atoms with Gasteiger partial charge in [-0.1, -0.05) is 18.2 Å². The Morgan fingerprint density at radius 2 is 1.58 bits per heavy atom. The number of hydrogen-bond donors (Lipinski definition) is 1. The van der Waals surface area contributed by atoms with Gasteiger partial charge in [-0.3, -0.25) is 14.4 Å². The van der Waals surface area contributed by atoms with Gasteiger partial charge < -0.3 is 10.2 Å². The minimum atomic E-state index is -0.360. The Balaban J connectivity index is 2.10. The van der Waals surface area contributed by atoms with Gasteiger partial charge in [0.15, 0.2) is 0 Å². The average molecular weight is 324 g/mol. The van der Waals surface area contributed by atoms with Crippen molar-refractivity contribution in [2.45, 2.75) is 20.3 Å². The molecule has 5 nitrogen and oxygen atoms in total. The maximum Gasteiger partial charge on any atom is 0.258 e. The third-order valence-corrected chi connectivity index (χ3v) is 3.45. The maximum atomic E-state index is 12.6.